The van der Waals surface area contributed by atoms with Crippen LogP contribution in [0.4, 0.5) is 11.4 Å². The van der Waals surface area contributed by atoms with Crippen LogP contribution in [0.2, 0.25) is 10.0 Å². The van der Waals surface area contributed by atoms with Crippen LogP contribution < -0.4 is 9.62 Å². The molecule has 0 fully saturated rings. The van der Waals surface area contributed by atoms with Gasteiger partial charge in [-0.3, -0.25) is 9.10 Å². The summed E-state index contributed by atoms with van der Waals surface area (Å²) >= 11 is 11.9. The Kier molecular flexibility index (Phi) is 6.78. The molecule has 146 valence electrons. The van der Waals surface area contributed by atoms with E-state index in [2.05, 4.69) is 5.32 Å². The lowest BCUT2D eigenvalue weighted by Crippen LogP contribution is -2.47. The Balaban J connectivity index is 2.42. The number of aryl methyl sites for hydroxylation is 2. The smallest absolute Gasteiger partial charge is 0.248 e. The zero-order chi connectivity index (χ0) is 20.4. The highest BCUT2D eigenvalue weighted by Gasteiger charge is 2.31. The molecule has 8 heteroatoms. The van der Waals surface area contributed by atoms with Crippen LogP contribution in [0.15, 0.2) is 36.4 Å². The van der Waals surface area contributed by atoms with Crippen molar-refractivity contribution < 1.29 is 13.2 Å². The first-order valence-corrected chi connectivity index (χ1v) is 11.0. The topological polar surface area (TPSA) is 66.5 Å². The summed E-state index contributed by atoms with van der Waals surface area (Å²) in [6.45, 7) is 5.60. The number of halogens is 2. The van der Waals surface area contributed by atoms with Crippen LogP contribution in [0.5, 0.6) is 0 Å². The molecule has 2 rings (SSSR count). The summed E-state index contributed by atoms with van der Waals surface area (Å²) in [5.41, 5.74) is 2.84. The van der Waals surface area contributed by atoms with Gasteiger partial charge < -0.3 is 5.32 Å². The first-order chi connectivity index (χ1) is 12.5. The van der Waals surface area contributed by atoms with Gasteiger partial charge in [-0.1, -0.05) is 36.2 Å². The zero-order valence-electron chi connectivity index (χ0n) is 15.6. The predicted molar refractivity (Wildman–Crippen MR) is 112 cm³/mol. The SMILES string of the molecule is CC[C@H](C(=O)Nc1cc(Cl)cc(Cl)c1)N(c1ccc(C)c(C)c1)S(C)(=O)=O. The van der Waals surface area contributed by atoms with Gasteiger partial charge in [0.15, 0.2) is 0 Å². The van der Waals surface area contributed by atoms with Crippen molar-refractivity contribution in [1.29, 1.82) is 0 Å². The van der Waals surface area contributed by atoms with Gasteiger partial charge in [-0.15, -0.1) is 0 Å². The zero-order valence-corrected chi connectivity index (χ0v) is 17.9. The molecule has 1 atom stereocenters. The molecule has 0 aliphatic rings. The third kappa shape index (κ3) is 5.37. The highest BCUT2D eigenvalue weighted by atomic mass is 35.5. The van der Waals surface area contributed by atoms with E-state index in [9.17, 15) is 13.2 Å². The Labute approximate surface area is 170 Å². The van der Waals surface area contributed by atoms with Gasteiger partial charge in [-0.05, 0) is 61.7 Å². The van der Waals surface area contributed by atoms with E-state index in [-0.39, 0.29) is 0 Å². The highest BCUT2D eigenvalue weighted by Crippen LogP contribution is 2.27. The summed E-state index contributed by atoms with van der Waals surface area (Å²) in [5.74, 6) is -0.459. The number of hydrogen-bond donors (Lipinski definition) is 1. The summed E-state index contributed by atoms with van der Waals surface area (Å²) in [6, 6.07) is 9.05. The molecule has 0 aliphatic heterocycles. The van der Waals surface area contributed by atoms with Crippen molar-refractivity contribution in [2.75, 3.05) is 15.9 Å². The molecule has 0 radical (unpaired) electrons. The Hall–Kier alpha value is -1.76. The average molecular weight is 429 g/mol. The van der Waals surface area contributed by atoms with E-state index in [0.29, 0.717) is 27.8 Å². The Morgan fingerprint density at radius 2 is 1.67 bits per heavy atom. The molecule has 1 amide bonds. The fourth-order valence-corrected chi connectivity index (χ4v) is 4.50. The lowest BCUT2D eigenvalue weighted by atomic mass is 10.1. The lowest BCUT2D eigenvalue weighted by Gasteiger charge is -2.30. The van der Waals surface area contributed by atoms with Crippen molar-refractivity contribution in [3.8, 4) is 0 Å². The second kappa shape index (κ2) is 8.50. The number of amides is 1. The van der Waals surface area contributed by atoms with Gasteiger partial charge in [0.05, 0.1) is 11.9 Å². The van der Waals surface area contributed by atoms with E-state index in [4.69, 9.17) is 23.2 Å². The van der Waals surface area contributed by atoms with E-state index < -0.39 is 22.0 Å². The third-order valence-electron chi connectivity index (χ3n) is 4.20. The molecule has 0 bridgehead atoms. The summed E-state index contributed by atoms with van der Waals surface area (Å²) in [5, 5.41) is 3.46. The standard InChI is InChI=1S/C19H22Cl2N2O3S/c1-5-18(19(24)22-16-10-14(20)9-15(21)11-16)23(27(4,25)26)17-7-6-12(2)13(3)8-17/h6-11,18H,5H2,1-4H3,(H,22,24)/t18-/m1/s1. The molecular weight excluding hydrogens is 407 g/mol. The van der Waals surface area contributed by atoms with Crippen molar-refractivity contribution in [2.45, 2.75) is 33.2 Å². The normalized spacial score (nSPS) is 12.5. The maximum atomic E-state index is 12.9. The van der Waals surface area contributed by atoms with Crippen LogP contribution in [0, 0.1) is 13.8 Å². The second-order valence-corrected chi connectivity index (χ2v) is 9.13. The molecule has 2 aromatic rings. The number of nitrogens with zero attached hydrogens (tertiary/aromatic N) is 1. The minimum atomic E-state index is -3.69. The fourth-order valence-electron chi connectivity index (χ4n) is 2.77. The van der Waals surface area contributed by atoms with Gasteiger partial charge in [0, 0.05) is 15.7 Å². The van der Waals surface area contributed by atoms with Gasteiger partial charge in [-0.25, -0.2) is 8.42 Å². The van der Waals surface area contributed by atoms with E-state index in [1.807, 2.05) is 19.9 Å². The maximum Gasteiger partial charge on any atom is 0.248 e. The van der Waals surface area contributed by atoms with Crippen LogP contribution in [0.3, 0.4) is 0 Å². The molecule has 1 N–H and O–H groups in total. The molecular formula is C19H22Cl2N2O3S. The van der Waals surface area contributed by atoms with Crippen LogP contribution in [-0.4, -0.2) is 26.6 Å². The Bertz CT molecular complexity index is 941. The van der Waals surface area contributed by atoms with Crippen molar-refractivity contribution in [3.05, 3.63) is 57.6 Å². The van der Waals surface area contributed by atoms with Gasteiger partial charge in [0.2, 0.25) is 15.9 Å². The molecule has 0 saturated heterocycles. The van der Waals surface area contributed by atoms with Gasteiger partial charge >= 0.3 is 0 Å². The number of anilines is 2. The molecule has 0 aromatic heterocycles. The quantitative estimate of drug-likeness (QED) is 0.718. The molecule has 5 nitrogen and oxygen atoms in total. The molecule has 0 heterocycles. The summed E-state index contributed by atoms with van der Waals surface area (Å²) in [6.07, 6.45) is 1.38. The Morgan fingerprint density at radius 1 is 1.07 bits per heavy atom. The molecule has 0 unspecified atom stereocenters. The molecule has 27 heavy (non-hydrogen) atoms. The largest absolute Gasteiger partial charge is 0.324 e. The minimum absolute atomic E-state index is 0.292. The van der Waals surface area contributed by atoms with Gasteiger partial charge in [-0.2, -0.15) is 0 Å². The van der Waals surface area contributed by atoms with Gasteiger partial charge in [0.1, 0.15) is 6.04 Å². The predicted octanol–water partition coefficient (Wildman–Crippen LogP) is 4.79. The summed E-state index contributed by atoms with van der Waals surface area (Å²) in [4.78, 5) is 12.9. The summed E-state index contributed by atoms with van der Waals surface area (Å²) in [7, 11) is -3.69. The average Bonchev–Trinajstić information content (AvgIpc) is 2.53. The third-order valence-corrected chi connectivity index (χ3v) is 5.82. The maximum absolute atomic E-state index is 12.9. The first-order valence-electron chi connectivity index (χ1n) is 8.36. The molecule has 0 spiro atoms. The summed E-state index contributed by atoms with van der Waals surface area (Å²) < 4.78 is 26.1. The van der Waals surface area contributed by atoms with Crippen LogP contribution >= 0.6 is 23.2 Å². The number of carbonyl (C=O) groups excluding carboxylic acids is 1. The lowest BCUT2D eigenvalue weighted by molar-refractivity contribution is -0.117. The second-order valence-electron chi connectivity index (χ2n) is 6.40. The molecule has 0 saturated carbocycles. The highest BCUT2D eigenvalue weighted by molar-refractivity contribution is 7.92. The number of sulfonamides is 1. The number of carbonyl (C=O) groups is 1. The van der Waals surface area contributed by atoms with Crippen molar-refractivity contribution in [3.63, 3.8) is 0 Å². The van der Waals surface area contributed by atoms with E-state index in [1.54, 1.807) is 37.3 Å². The molecule has 2 aromatic carbocycles. The fraction of sp³-hybridized carbons (Fsp3) is 0.316. The van der Waals surface area contributed by atoms with E-state index >= 15 is 0 Å². The monoisotopic (exact) mass is 428 g/mol. The van der Waals surface area contributed by atoms with Crippen LogP contribution in [0.25, 0.3) is 0 Å². The van der Waals surface area contributed by atoms with Crippen LogP contribution in [-0.2, 0) is 14.8 Å². The number of hydrogen-bond acceptors (Lipinski definition) is 3. The van der Waals surface area contributed by atoms with Gasteiger partial charge in [0.25, 0.3) is 0 Å². The van der Waals surface area contributed by atoms with E-state index in [0.717, 1.165) is 21.7 Å². The number of nitrogens with one attached hydrogen (secondary N) is 1. The first kappa shape index (κ1) is 21.5. The van der Waals surface area contributed by atoms with Crippen molar-refractivity contribution in [2.24, 2.45) is 0 Å². The number of rotatable bonds is 6. The van der Waals surface area contributed by atoms with Crippen molar-refractivity contribution in [1.82, 2.24) is 0 Å². The molecule has 0 aliphatic carbocycles. The van der Waals surface area contributed by atoms with Crippen LogP contribution in [0.1, 0.15) is 24.5 Å². The number of benzene rings is 2. The van der Waals surface area contributed by atoms with E-state index in [1.165, 1.54) is 0 Å². The minimum Gasteiger partial charge on any atom is -0.324 e. The Morgan fingerprint density at radius 3 is 2.15 bits per heavy atom. The van der Waals surface area contributed by atoms with Crippen molar-refractivity contribution >= 4 is 50.5 Å².